The zero-order chi connectivity index (χ0) is 37.8. The van der Waals surface area contributed by atoms with Gasteiger partial charge in [0.1, 0.15) is 22.9 Å². The minimum Gasteiger partial charge on any atom is -0.376 e. The van der Waals surface area contributed by atoms with E-state index in [2.05, 4.69) is 49.1 Å². The summed E-state index contributed by atoms with van der Waals surface area (Å²) in [4.78, 5) is 45.4. The molecule has 280 valence electrons. The van der Waals surface area contributed by atoms with Crippen molar-refractivity contribution in [1.82, 2.24) is 38.5 Å². The van der Waals surface area contributed by atoms with Gasteiger partial charge in [0.15, 0.2) is 5.82 Å². The van der Waals surface area contributed by atoms with Crippen molar-refractivity contribution in [3.8, 4) is 11.5 Å². The Bertz CT molecular complexity index is 2600. The monoisotopic (exact) mass is 734 g/mol. The fourth-order valence-corrected chi connectivity index (χ4v) is 8.96. The Morgan fingerprint density at radius 3 is 2.46 bits per heavy atom. The number of aromatic amines is 1. The second-order valence-corrected chi connectivity index (χ2v) is 16.0. The van der Waals surface area contributed by atoms with Crippen LogP contribution in [0.25, 0.3) is 22.4 Å². The van der Waals surface area contributed by atoms with Gasteiger partial charge in [-0.05, 0) is 106 Å². The van der Waals surface area contributed by atoms with Crippen molar-refractivity contribution in [3.63, 3.8) is 0 Å². The number of hydrogen-bond acceptors (Lipinski definition) is 7. The number of H-pyrrole nitrogens is 1. The van der Waals surface area contributed by atoms with Crippen LogP contribution >= 0.6 is 0 Å². The smallest absolute Gasteiger partial charge is 0.376 e. The van der Waals surface area contributed by atoms with Crippen LogP contribution in [0.15, 0.2) is 62.9 Å². The molecule has 0 bridgehead atoms. The molecule has 6 aromatic rings. The van der Waals surface area contributed by atoms with Crippen molar-refractivity contribution in [2.75, 3.05) is 13.2 Å². The number of ether oxygens (including phenoxy) is 1. The Morgan fingerprint density at radius 1 is 1.06 bits per heavy atom. The van der Waals surface area contributed by atoms with E-state index in [1.807, 2.05) is 10.6 Å². The summed E-state index contributed by atoms with van der Waals surface area (Å²) < 4.78 is 32.5. The third-order valence-electron chi connectivity index (χ3n) is 11.9. The molecular formula is C40H43FN8O5. The Balaban J connectivity index is 1.17. The van der Waals surface area contributed by atoms with Gasteiger partial charge in [-0.25, -0.2) is 18.7 Å². The minimum absolute atomic E-state index is 0.0572. The zero-order valence-electron chi connectivity index (χ0n) is 31.3. The fourth-order valence-electron chi connectivity index (χ4n) is 8.96. The second kappa shape index (κ2) is 12.0. The van der Waals surface area contributed by atoms with Crippen LogP contribution in [0.2, 0.25) is 0 Å². The number of aromatic nitrogens is 7. The van der Waals surface area contributed by atoms with Gasteiger partial charge in [0, 0.05) is 55.5 Å². The molecule has 9 rings (SSSR count). The maximum absolute atomic E-state index is 15.0. The summed E-state index contributed by atoms with van der Waals surface area (Å²) in [6, 6.07) is 11.8. The van der Waals surface area contributed by atoms with Crippen LogP contribution in [0, 0.1) is 25.6 Å². The van der Waals surface area contributed by atoms with Gasteiger partial charge in [0.25, 0.3) is 5.91 Å². The zero-order valence-corrected chi connectivity index (χ0v) is 31.3. The molecule has 1 unspecified atom stereocenters. The second-order valence-electron chi connectivity index (χ2n) is 16.0. The van der Waals surface area contributed by atoms with E-state index in [4.69, 9.17) is 14.4 Å². The summed E-state index contributed by atoms with van der Waals surface area (Å²) in [5.41, 5.74) is 4.32. The predicted octanol–water partition coefficient (Wildman–Crippen LogP) is 5.40. The number of aryl methyl sites for hydroxylation is 3. The number of hydrogen-bond donors (Lipinski definition) is 1. The lowest BCUT2D eigenvalue weighted by molar-refractivity contribution is -0.0592. The molecule has 1 saturated heterocycles. The highest BCUT2D eigenvalue weighted by Crippen LogP contribution is 2.56. The van der Waals surface area contributed by atoms with Crippen molar-refractivity contribution < 1.29 is 18.4 Å². The number of carbonyl (C=O) groups is 1. The molecule has 2 aliphatic heterocycles. The summed E-state index contributed by atoms with van der Waals surface area (Å²) in [6.07, 6.45) is 6.27. The van der Waals surface area contributed by atoms with Crippen molar-refractivity contribution in [3.05, 3.63) is 115 Å². The quantitative estimate of drug-likeness (QED) is 0.242. The van der Waals surface area contributed by atoms with Gasteiger partial charge in [-0.15, -0.1) is 0 Å². The van der Waals surface area contributed by atoms with Crippen molar-refractivity contribution in [2.24, 2.45) is 13.0 Å². The number of amides is 1. The number of carbonyl (C=O) groups excluding carboxylic acids is 1. The van der Waals surface area contributed by atoms with E-state index in [0.29, 0.717) is 66.1 Å². The normalized spacial score (nSPS) is 22.2. The van der Waals surface area contributed by atoms with Crippen LogP contribution in [0.1, 0.15) is 90.2 Å². The minimum atomic E-state index is -0.784. The number of fused-ring (bicyclic) bond motifs is 2. The molecule has 2 aromatic carbocycles. The number of benzene rings is 2. The molecule has 54 heavy (non-hydrogen) atoms. The lowest BCUT2D eigenvalue weighted by atomic mass is 9.83. The summed E-state index contributed by atoms with van der Waals surface area (Å²) in [7, 11) is 1.68. The first-order valence-corrected chi connectivity index (χ1v) is 18.5. The van der Waals surface area contributed by atoms with Crippen LogP contribution in [-0.4, -0.2) is 63.2 Å². The summed E-state index contributed by atoms with van der Waals surface area (Å²) in [5.74, 6) is 0.141. The summed E-state index contributed by atoms with van der Waals surface area (Å²) in [5, 5.41) is 10.0. The first-order chi connectivity index (χ1) is 25.8. The largest absolute Gasteiger partial charge is 0.438 e. The number of imidazole rings is 1. The SMILES string of the molecule is Cc1cc(-n2nc3c(c2-n2ccn(C)c2=O)CN(C(=O)c2cc4cc(C5CCOC(C)(C)C5)ccc4n2[C@@]2(c4noc(=O)[nH]4)C[C@@H]2C)CC3)cc(C)c1F. The molecule has 4 aromatic heterocycles. The molecule has 2 fully saturated rings. The number of halogens is 1. The molecule has 0 spiro atoms. The molecule has 0 radical (unpaired) electrons. The lowest BCUT2D eigenvalue weighted by Gasteiger charge is -2.35. The van der Waals surface area contributed by atoms with E-state index >= 15 is 4.79 Å². The first kappa shape index (κ1) is 34.3. The third kappa shape index (κ3) is 5.24. The first-order valence-electron chi connectivity index (χ1n) is 18.5. The fraction of sp³-hybridized carbons (Fsp3) is 0.425. The maximum atomic E-state index is 15.0. The Morgan fingerprint density at radius 2 is 1.81 bits per heavy atom. The van der Waals surface area contributed by atoms with E-state index in [9.17, 15) is 14.0 Å². The highest BCUT2D eigenvalue weighted by atomic mass is 19.1. The Labute approximate surface area is 309 Å². The highest BCUT2D eigenvalue weighted by Gasteiger charge is 2.59. The Hall–Kier alpha value is -5.50. The number of nitrogens with one attached hydrogen (secondary N) is 1. The highest BCUT2D eigenvalue weighted by molar-refractivity contribution is 5.99. The number of rotatable bonds is 6. The molecule has 3 atom stereocenters. The molecule has 6 heterocycles. The van der Waals surface area contributed by atoms with Gasteiger partial charge >= 0.3 is 11.4 Å². The molecule has 13 nitrogen and oxygen atoms in total. The van der Waals surface area contributed by atoms with Gasteiger partial charge in [-0.1, -0.05) is 18.1 Å². The molecule has 1 N–H and O–H groups in total. The molecule has 1 saturated carbocycles. The van der Waals surface area contributed by atoms with Gasteiger partial charge in [0.2, 0.25) is 0 Å². The standard InChI is InChI=1S/C40H43FN8O5/c1-22-15-28(16-23(2)33(22)41)49-34(47-13-12-45(6)38(47)52)29-21-46(11-9-30(29)43-49)35(50)32-18-27-17-25(26-10-14-53-39(4,5)20-26)7-8-31(27)48(32)40(19-24(40)3)36-42-37(51)54-44-36/h7-8,12-13,15-18,24,26H,9-11,14,19-21H2,1-6H3,(H,42,44,51)/t24-,26?,40-/m0/s1. The van der Waals surface area contributed by atoms with Crippen LogP contribution in [0.3, 0.4) is 0 Å². The average molecular weight is 735 g/mol. The predicted molar refractivity (Wildman–Crippen MR) is 198 cm³/mol. The van der Waals surface area contributed by atoms with Crippen LogP contribution in [-0.2, 0) is 30.3 Å². The number of nitrogens with zero attached hydrogens (tertiary/aromatic N) is 7. The maximum Gasteiger partial charge on any atom is 0.438 e. The van der Waals surface area contributed by atoms with Crippen molar-refractivity contribution in [2.45, 2.75) is 83.9 Å². The van der Waals surface area contributed by atoms with Crippen molar-refractivity contribution >= 4 is 16.8 Å². The molecular weight excluding hydrogens is 691 g/mol. The van der Waals surface area contributed by atoms with Crippen molar-refractivity contribution in [1.29, 1.82) is 0 Å². The Kier molecular flexibility index (Phi) is 7.62. The topological polar surface area (TPSA) is 138 Å². The van der Waals surface area contributed by atoms with E-state index < -0.39 is 11.3 Å². The van der Waals surface area contributed by atoms with Gasteiger partial charge in [-0.2, -0.15) is 5.10 Å². The molecule has 14 heteroatoms. The van der Waals surface area contributed by atoms with Crippen LogP contribution in [0.4, 0.5) is 4.39 Å². The molecule has 3 aliphatic rings. The summed E-state index contributed by atoms with van der Waals surface area (Å²) >= 11 is 0. The van der Waals surface area contributed by atoms with E-state index in [1.165, 1.54) is 14.7 Å². The molecule has 1 amide bonds. The third-order valence-corrected chi connectivity index (χ3v) is 11.9. The van der Waals surface area contributed by atoms with Gasteiger partial charge in [-0.3, -0.25) is 18.9 Å². The summed E-state index contributed by atoms with van der Waals surface area (Å²) in [6.45, 7) is 11.0. The van der Waals surface area contributed by atoms with E-state index in [-0.39, 0.29) is 35.5 Å². The molecule has 1 aliphatic carbocycles. The lowest BCUT2D eigenvalue weighted by Crippen LogP contribution is -2.39. The van der Waals surface area contributed by atoms with Gasteiger partial charge in [0.05, 0.1) is 23.5 Å². The average Bonchev–Trinajstić information content (AvgIpc) is 3.59. The van der Waals surface area contributed by atoms with E-state index in [0.717, 1.165) is 35.0 Å². The van der Waals surface area contributed by atoms with Crippen LogP contribution in [0.5, 0.6) is 0 Å². The van der Waals surface area contributed by atoms with E-state index in [1.54, 1.807) is 55.0 Å². The van der Waals surface area contributed by atoms with Crippen LogP contribution < -0.4 is 11.4 Å². The van der Waals surface area contributed by atoms with Gasteiger partial charge < -0.3 is 18.8 Å².